The van der Waals surface area contributed by atoms with Crippen LogP contribution in [0.5, 0.6) is 0 Å². The predicted molar refractivity (Wildman–Crippen MR) is 104 cm³/mol. The van der Waals surface area contributed by atoms with Gasteiger partial charge in [-0.25, -0.2) is 0 Å². The van der Waals surface area contributed by atoms with Gasteiger partial charge in [-0.3, -0.25) is 19.3 Å². The Morgan fingerprint density at radius 3 is 1.83 bits per heavy atom. The molecular weight excluding hydrogens is 385 g/mol. The predicted octanol–water partition coefficient (Wildman–Crippen LogP) is -0.700. The molecule has 1 unspecified atom stereocenters. The van der Waals surface area contributed by atoms with Crippen LogP contribution in [0, 0.1) is 0 Å². The Bertz CT molecular complexity index is 544. The summed E-state index contributed by atoms with van der Waals surface area (Å²) in [6, 6.07) is -1.66. The van der Waals surface area contributed by atoms with Crippen molar-refractivity contribution in [2.75, 3.05) is 6.61 Å². The van der Waals surface area contributed by atoms with Crippen LogP contribution in [0.4, 0.5) is 0 Å². The zero-order valence-electron chi connectivity index (χ0n) is 18.1. The van der Waals surface area contributed by atoms with Crippen molar-refractivity contribution in [1.82, 2.24) is 4.90 Å². The minimum atomic E-state index is -1.66. The van der Waals surface area contributed by atoms with E-state index in [-0.39, 0.29) is 49.0 Å². The second-order valence-corrected chi connectivity index (χ2v) is 6.34. The van der Waals surface area contributed by atoms with Gasteiger partial charge in [0.25, 0.3) is 0 Å². The fourth-order valence-electron chi connectivity index (χ4n) is 2.52. The van der Waals surface area contributed by atoms with E-state index in [2.05, 4.69) is 0 Å². The monoisotopic (exact) mass is 417 g/mol. The van der Waals surface area contributed by atoms with E-state index in [4.69, 9.17) is 4.74 Å². The molecule has 0 aliphatic carbocycles. The molecule has 0 saturated carbocycles. The van der Waals surface area contributed by atoms with Gasteiger partial charge in [0, 0.05) is 12.8 Å². The van der Waals surface area contributed by atoms with Crippen molar-refractivity contribution in [3.63, 3.8) is 0 Å². The van der Waals surface area contributed by atoms with Crippen LogP contribution in [-0.2, 0) is 23.9 Å². The fourth-order valence-corrected chi connectivity index (χ4v) is 2.52. The minimum Gasteiger partial charge on any atom is -0.548 e. The first-order valence-corrected chi connectivity index (χ1v) is 9.82. The summed E-state index contributed by atoms with van der Waals surface area (Å²) in [5, 5.41) is 11.6. The van der Waals surface area contributed by atoms with Gasteiger partial charge in [-0.15, -0.1) is 0 Å². The van der Waals surface area contributed by atoms with Gasteiger partial charge in [0.2, 0.25) is 11.8 Å². The van der Waals surface area contributed by atoms with Gasteiger partial charge in [0.05, 0.1) is 25.0 Å². The molecule has 8 heteroatoms. The van der Waals surface area contributed by atoms with E-state index in [1.54, 1.807) is 6.92 Å². The number of carbonyl (C=O) groups excluding carboxylic acids is 4. The third kappa shape index (κ3) is 13.4. The van der Waals surface area contributed by atoms with Gasteiger partial charge in [0.15, 0.2) is 0 Å². The van der Waals surface area contributed by atoms with E-state index in [1.165, 1.54) is 0 Å². The van der Waals surface area contributed by atoms with Crippen LogP contribution in [0.15, 0.2) is 24.3 Å². The number of amides is 2. The number of esters is 1. The van der Waals surface area contributed by atoms with Crippen molar-refractivity contribution in [3.8, 4) is 0 Å². The van der Waals surface area contributed by atoms with Crippen LogP contribution in [0.3, 0.4) is 0 Å². The third-order valence-electron chi connectivity index (χ3n) is 3.94. The average molecular weight is 417 g/mol. The average Bonchev–Trinajstić information content (AvgIpc) is 2.66. The Labute approximate surface area is 195 Å². The molecule has 2 amide bonds. The molecule has 0 spiro atoms. The molecule has 0 saturated heterocycles. The number of hydrogen-bond acceptors (Lipinski definition) is 6. The van der Waals surface area contributed by atoms with E-state index in [0.29, 0.717) is 37.0 Å². The molecule has 0 N–H and O–H groups in total. The number of nitrogens with zero attached hydrogens (tertiary/aromatic N) is 1. The topological polar surface area (TPSA) is 104 Å². The van der Waals surface area contributed by atoms with E-state index in [9.17, 15) is 24.3 Å². The van der Waals surface area contributed by atoms with Crippen molar-refractivity contribution >= 4 is 23.8 Å². The maximum Gasteiger partial charge on any atom is 1.00 e. The number of rotatable bonds is 14. The maximum atomic E-state index is 12.6. The Hall–Kier alpha value is -1.44. The molecule has 0 radical (unpaired) electrons. The normalized spacial score (nSPS) is 11.8. The van der Waals surface area contributed by atoms with Crippen molar-refractivity contribution in [2.24, 2.45) is 0 Å². The summed E-state index contributed by atoms with van der Waals surface area (Å²) in [7, 11) is 0. The van der Waals surface area contributed by atoms with Gasteiger partial charge in [-0.1, -0.05) is 31.2 Å². The first kappa shape index (κ1) is 29.8. The summed E-state index contributed by atoms with van der Waals surface area (Å²) in [5.41, 5.74) is 0. The molecular formula is C21H32NNaO6. The molecule has 0 bridgehead atoms. The largest absolute Gasteiger partial charge is 1.00 e. The Morgan fingerprint density at radius 2 is 1.45 bits per heavy atom. The fraction of sp³-hybridized carbons (Fsp3) is 0.619. The van der Waals surface area contributed by atoms with Crippen molar-refractivity contribution in [3.05, 3.63) is 24.3 Å². The summed E-state index contributed by atoms with van der Waals surface area (Å²) in [5.74, 6) is -3.64. The molecule has 0 rings (SSSR count). The number of unbranched alkanes of at least 4 members (excludes halogenated alkanes) is 2. The van der Waals surface area contributed by atoms with E-state index < -0.39 is 36.2 Å². The zero-order valence-corrected chi connectivity index (χ0v) is 20.1. The number of hydrogen-bond donors (Lipinski definition) is 0. The molecule has 0 heterocycles. The molecule has 29 heavy (non-hydrogen) atoms. The van der Waals surface area contributed by atoms with Gasteiger partial charge in [0.1, 0.15) is 0 Å². The summed E-state index contributed by atoms with van der Waals surface area (Å²) < 4.78 is 4.91. The summed E-state index contributed by atoms with van der Waals surface area (Å²) in [6.45, 7) is 5.67. The maximum absolute atomic E-state index is 12.6. The quantitative estimate of drug-likeness (QED) is 0.160. The van der Waals surface area contributed by atoms with Crippen molar-refractivity contribution < 1.29 is 58.6 Å². The molecule has 0 aliphatic heterocycles. The SMILES string of the molecule is C/C=C/CCCC(=O)N(C(=O)CCC/C=C/C)C(CC(=O)OCCC)C(=O)[O-].[Na+]. The Kier molecular flexibility index (Phi) is 19.1. The third-order valence-corrected chi connectivity index (χ3v) is 3.94. The molecule has 0 fully saturated rings. The van der Waals surface area contributed by atoms with E-state index >= 15 is 0 Å². The number of carboxylic acids is 1. The standard InChI is InChI=1S/C21H33NO6.Na/c1-4-7-9-11-13-18(23)22(19(24)14-12-10-8-5-2)17(21(26)27)16-20(25)28-15-6-3;/h4-5,7-8,17H,6,9-16H2,1-3H3,(H,26,27);/q;+1/p-1/b7-4+,8-5+;. The van der Waals surface area contributed by atoms with Crippen molar-refractivity contribution in [2.45, 2.75) is 78.2 Å². The van der Waals surface area contributed by atoms with Gasteiger partial charge in [-0.2, -0.15) is 0 Å². The van der Waals surface area contributed by atoms with Gasteiger partial charge in [-0.05, 0) is 46.0 Å². The second-order valence-electron chi connectivity index (χ2n) is 6.34. The number of allylic oxidation sites excluding steroid dienone is 4. The van der Waals surface area contributed by atoms with E-state index in [0.717, 1.165) is 0 Å². The summed E-state index contributed by atoms with van der Waals surface area (Å²) in [4.78, 5) is 49.4. The number of imide groups is 1. The van der Waals surface area contributed by atoms with Crippen LogP contribution >= 0.6 is 0 Å². The van der Waals surface area contributed by atoms with Crippen molar-refractivity contribution in [1.29, 1.82) is 0 Å². The number of carbonyl (C=O) groups is 4. The first-order valence-electron chi connectivity index (χ1n) is 9.82. The molecule has 7 nitrogen and oxygen atoms in total. The Morgan fingerprint density at radius 1 is 0.966 bits per heavy atom. The summed E-state index contributed by atoms with van der Waals surface area (Å²) >= 11 is 0. The number of carboxylic acid groups (broad SMARTS) is 1. The van der Waals surface area contributed by atoms with Gasteiger partial charge >= 0.3 is 35.5 Å². The molecule has 0 aromatic rings. The molecule has 1 atom stereocenters. The second kappa shape index (κ2) is 18.6. The Balaban J connectivity index is 0. The van der Waals surface area contributed by atoms with E-state index in [1.807, 2.05) is 38.2 Å². The zero-order chi connectivity index (χ0) is 21.4. The van der Waals surface area contributed by atoms with Gasteiger partial charge < -0.3 is 14.6 Å². The molecule has 0 aromatic carbocycles. The first-order chi connectivity index (χ1) is 13.4. The number of aliphatic carboxylic acids is 1. The minimum absolute atomic E-state index is 0. The molecule has 0 aliphatic rings. The van der Waals surface area contributed by atoms with Crippen LogP contribution in [-0.4, -0.2) is 41.3 Å². The van der Waals surface area contributed by atoms with Crippen LogP contribution in [0.25, 0.3) is 0 Å². The summed E-state index contributed by atoms with van der Waals surface area (Å²) in [6.07, 6.45) is 9.70. The molecule has 0 aromatic heterocycles. The number of ether oxygens (including phenoxy) is 1. The van der Waals surface area contributed by atoms with Crippen LogP contribution in [0.2, 0.25) is 0 Å². The molecule has 158 valence electrons. The van der Waals surface area contributed by atoms with Crippen LogP contribution in [0.1, 0.15) is 72.1 Å². The van der Waals surface area contributed by atoms with Crippen LogP contribution < -0.4 is 34.7 Å². The smallest absolute Gasteiger partial charge is 0.548 e.